The van der Waals surface area contributed by atoms with Crippen molar-refractivity contribution in [3.8, 4) is 0 Å². The van der Waals surface area contributed by atoms with E-state index in [1.165, 1.54) is 5.56 Å². The summed E-state index contributed by atoms with van der Waals surface area (Å²) in [6, 6.07) is 11.1. The summed E-state index contributed by atoms with van der Waals surface area (Å²) in [6.07, 6.45) is 1.01. The summed E-state index contributed by atoms with van der Waals surface area (Å²) in [7, 11) is 0. The minimum absolute atomic E-state index is 0.256. The average Bonchev–Trinajstić information content (AvgIpc) is 2.79. The van der Waals surface area contributed by atoms with Crippen LogP contribution in [-0.4, -0.2) is 21.3 Å². The van der Waals surface area contributed by atoms with Crippen LogP contribution in [0.3, 0.4) is 0 Å². The zero-order chi connectivity index (χ0) is 14.5. The van der Waals surface area contributed by atoms with Gasteiger partial charge in [0.15, 0.2) is 0 Å². The zero-order valence-electron chi connectivity index (χ0n) is 12.8. The maximum atomic E-state index is 4.58. The molecule has 1 heterocycles. The summed E-state index contributed by atoms with van der Waals surface area (Å²) in [5.41, 5.74) is 1.30. The van der Waals surface area contributed by atoms with Gasteiger partial charge < -0.3 is 5.32 Å². The lowest BCUT2D eigenvalue weighted by Crippen LogP contribution is -2.31. The van der Waals surface area contributed by atoms with E-state index in [1.807, 2.05) is 13.8 Å². The summed E-state index contributed by atoms with van der Waals surface area (Å²) in [4.78, 5) is 4.44. The van der Waals surface area contributed by atoms with E-state index in [-0.39, 0.29) is 12.1 Å². The SMILES string of the molecule is CCNC(c1ccccc1)C(CC)n1nc(C)nc1C. The summed E-state index contributed by atoms with van der Waals surface area (Å²) < 4.78 is 2.07. The molecule has 0 amide bonds. The molecule has 2 rings (SSSR count). The second-order valence-electron chi connectivity index (χ2n) is 5.07. The lowest BCUT2D eigenvalue weighted by atomic mass is 9.97. The van der Waals surface area contributed by atoms with Gasteiger partial charge in [-0.1, -0.05) is 44.2 Å². The molecule has 0 aliphatic rings. The van der Waals surface area contributed by atoms with E-state index in [0.29, 0.717) is 0 Å². The van der Waals surface area contributed by atoms with Gasteiger partial charge in [-0.3, -0.25) is 0 Å². The number of nitrogens with zero attached hydrogens (tertiary/aromatic N) is 3. The molecule has 4 heteroatoms. The zero-order valence-corrected chi connectivity index (χ0v) is 12.8. The van der Waals surface area contributed by atoms with Crippen LogP contribution in [0.25, 0.3) is 0 Å². The Morgan fingerprint density at radius 3 is 2.35 bits per heavy atom. The summed E-state index contributed by atoms with van der Waals surface area (Å²) in [5, 5.41) is 8.17. The topological polar surface area (TPSA) is 42.7 Å². The fraction of sp³-hybridized carbons (Fsp3) is 0.500. The van der Waals surface area contributed by atoms with E-state index in [9.17, 15) is 0 Å². The van der Waals surface area contributed by atoms with Crippen molar-refractivity contribution in [2.45, 2.75) is 46.2 Å². The van der Waals surface area contributed by atoms with Crippen molar-refractivity contribution in [3.05, 3.63) is 47.5 Å². The molecule has 0 fully saturated rings. The number of benzene rings is 1. The summed E-state index contributed by atoms with van der Waals surface area (Å²) in [5.74, 6) is 1.82. The molecule has 2 unspecified atom stereocenters. The lowest BCUT2D eigenvalue weighted by Gasteiger charge is -2.28. The van der Waals surface area contributed by atoms with Gasteiger partial charge in [0.05, 0.1) is 12.1 Å². The first-order valence-electron chi connectivity index (χ1n) is 7.35. The van der Waals surface area contributed by atoms with Gasteiger partial charge in [0.25, 0.3) is 0 Å². The van der Waals surface area contributed by atoms with Gasteiger partial charge in [-0.05, 0) is 32.4 Å². The number of hydrogen-bond donors (Lipinski definition) is 1. The van der Waals surface area contributed by atoms with Crippen LogP contribution in [0, 0.1) is 13.8 Å². The molecule has 2 aromatic rings. The largest absolute Gasteiger partial charge is 0.308 e. The molecule has 1 aromatic carbocycles. The predicted octanol–water partition coefficient (Wildman–Crippen LogP) is 3.20. The number of hydrogen-bond acceptors (Lipinski definition) is 3. The Bertz CT molecular complexity index is 533. The minimum Gasteiger partial charge on any atom is -0.308 e. The van der Waals surface area contributed by atoms with Crippen LogP contribution in [0.1, 0.15) is 49.6 Å². The molecule has 0 saturated carbocycles. The van der Waals surface area contributed by atoms with Crippen molar-refractivity contribution >= 4 is 0 Å². The fourth-order valence-corrected chi connectivity index (χ4v) is 2.76. The molecule has 0 saturated heterocycles. The Hall–Kier alpha value is -1.68. The second kappa shape index (κ2) is 6.66. The quantitative estimate of drug-likeness (QED) is 0.878. The fourth-order valence-electron chi connectivity index (χ4n) is 2.76. The highest BCUT2D eigenvalue weighted by Crippen LogP contribution is 2.29. The van der Waals surface area contributed by atoms with Crippen molar-refractivity contribution in [1.29, 1.82) is 0 Å². The van der Waals surface area contributed by atoms with Gasteiger partial charge in [0.1, 0.15) is 11.6 Å². The van der Waals surface area contributed by atoms with E-state index in [4.69, 9.17) is 0 Å². The number of rotatable bonds is 6. The van der Waals surface area contributed by atoms with Gasteiger partial charge in [0.2, 0.25) is 0 Å². The molecule has 0 radical (unpaired) electrons. The molecular weight excluding hydrogens is 248 g/mol. The van der Waals surface area contributed by atoms with Gasteiger partial charge in [-0.25, -0.2) is 9.67 Å². The van der Waals surface area contributed by atoms with Crippen molar-refractivity contribution in [2.75, 3.05) is 6.54 Å². The van der Waals surface area contributed by atoms with Gasteiger partial charge in [-0.2, -0.15) is 5.10 Å². The van der Waals surface area contributed by atoms with E-state index in [0.717, 1.165) is 24.6 Å². The molecule has 0 aliphatic heterocycles. The normalized spacial score (nSPS) is 14.2. The highest BCUT2D eigenvalue weighted by atomic mass is 15.4. The number of likely N-dealkylation sites (N-methyl/N-ethyl adjacent to an activating group) is 1. The van der Waals surface area contributed by atoms with E-state index < -0.39 is 0 Å². The molecule has 0 bridgehead atoms. The van der Waals surface area contributed by atoms with Gasteiger partial charge >= 0.3 is 0 Å². The molecule has 0 spiro atoms. The second-order valence-corrected chi connectivity index (χ2v) is 5.07. The summed E-state index contributed by atoms with van der Waals surface area (Å²) >= 11 is 0. The maximum Gasteiger partial charge on any atom is 0.147 e. The molecule has 108 valence electrons. The standard InChI is InChI=1S/C16H24N4/c1-5-15(20-13(4)18-12(3)19-20)16(17-6-2)14-10-8-7-9-11-14/h7-11,15-17H,5-6H2,1-4H3. The number of nitrogens with one attached hydrogen (secondary N) is 1. The van der Waals surface area contributed by atoms with E-state index >= 15 is 0 Å². The molecule has 4 nitrogen and oxygen atoms in total. The predicted molar refractivity (Wildman–Crippen MR) is 81.7 cm³/mol. The third kappa shape index (κ3) is 3.07. The highest BCUT2D eigenvalue weighted by Gasteiger charge is 2.24. The van der Waals surface area contributed by atoms with Crippen molar-refractivity contribution in [2.24, 2.45) is 0 Å². The Morgan fingerprint density at radius 1 is 1.15 bits per heavy atom. The van der Waals surface area contributed by atoms with Crippen LogP contribution in [0.15, 0.2) is 30.3 Å². The molecule has 0 aliphatic carbocycles. The van der Waals surface area contributed by atoms with Crippen molar-refractivity contribution in [3.63, 3.8) is 0 Å². The van der Waals surface area contributed by atoms with Crippen LogP contribution in [-0.2, 0) is 0 Å². The average molecular weight is 272 g/mol. The van der Waals surface area contributed by atoms with Crippen LogP contribution in [0.4, 0.5) is 0 Å². The third-order valence-corrected chi connectivity index (χ3v) is 3.61. The Kier molecular flexibility index (Phi) is 4.90. The Morgan fingerprint density at radius 2 is 1.85 bits per heavy atom. The number of aryl methyl sites for hydroxylation is 2. The van der Waals surface area contributed by atoms with Crippen LogP contribution < -0.4 is 5.32 Å². The van der Waals surface area contributed by atoms with Crippen LogP contribution in [0.5, 0.6) is 0 Å². The first-order chi connectivity index (χ1) is 9.67. The van der Waals surface area contributed by atoms with Crippen LogP contribution >= 0.6 is 0 Å². The van der Waals surface area contributed by atoms with Crippen molar-refractivity contribution in [1.82, 2.24) is 20.1 Å². The van der Waals surface area contributed by atoms with Gasteiger partial charge in [-0.15, -0.1) is 0 Å². The van der Waals surface area contributed by atoms with Crippen LogP contribution in [0.2, 0.25) is 0 Å². The van der Waals surface area contributed by atoms with E-state index in [2.05, 4.69) is 64.3 Å². The molecule has 2 atom stereocenters. The minimum atomic E-state index is 0.256. The monoisotopic (exact) mass is 272 g/mol. The van der Waals surface area contributed by atoms with Gasteiger partial charge in [0, 0.05) is 0 Å². The van der Waals surface area contributed by atoms with E-state index in [1.54, 1.807) is 0 Å². The number of aromatic nitrogens is 3. The first kappa shape index (κ1) is 14.7. The smallest absolute Gasteiger partial charge is 0.147 e. The first-order valence-corrected chi connectivity index (χ1v) is 7.35. The Labute approximate surface area is 121 Å². The molecular formula is C16H24N4. The Balaban J connectivity index is 2.38. The molecule has 20 heavy (non-hydrogen) atoms. The molecule has 1 N–H and O–H groups in total. The van der Waals surface area contributed by atoms with Crippen molar-refractivity contribution < 1.29 is 0 Å². The lowest BCUT2D eigenvalue weighted by molar-refractivity contribution is 0.319. The molecule has 1 aromatic heterocycles. The highest BCUT2D eigenvalue weighted by molar-refractivity contribution is 5.20. The third-order valence-electron chi connectivity index (χ3n) is 3.61. The maximum absolute atomic E-state index is 4.58. The summed E-state index contributed by atoms with van der Waals surface area (Å²) in [6.45, 7) is 9.25.